The molecule has 1 atom stereocenters. The largest absolute Gasteiger partial charge is 0.481 e. The van der Waals surface area contributed by atoms with E-state index in [2.05, 4.69) is 12.2 Å². The molecule has 0 aromatic heterocycles. The maximum atomic E-state index is 12.7. The summed E-state index contributed by atoms with van der Waals surface area (Å²) in [5.41, 5.74) is 3.13. The minimum atomic E-state index is -0.526. The molecule has 0 spiro atoms. The number of hydrogen-bond donors (Lipinski definition) is 2. The fraction of sp³-hybridized carbons (Fsp3) is 0.417. The number of hydrogen-bond acceptors (Lipinski definition) is 3. The molecule has 160 valence electrons. The van der Waals surface area contributed by atoms with E-state index in [0.717, 1.165) is 36.3 Å². The van der Waals surface area contributed by atoms with E-state index in [4.69, 9.17) is 4.74 Å². The molecule has 2 aromatic carbocycles. The Morgan fingerprint density at radius 1 is 1.13 bits per heavy atom. The van der Waals surface area contributed by atoms with E-state index < -0.39 is 6.10 Å². The number of nitrogens with one attached hydrogen (secondary N) is 2. The van der Waals surface area contributed by atoms with Gasteiger partial charge in [0, 0.05) is 5.69 Å². The SMILES string of the molecule is CCc1ccccc1NC(=O)C[NH+]1CCN(C(=O)[C@H](C)Oc2cccc(C)c2)CC1. The minimum Gasteiger partial charge on any atom is -0.481 e. The molecule has 2 amide bonds. The molecule has 0 aliphatic carbocycles. The second kappa shape index (κ2) is 10.3. The van der Waals surface area contributed by atoms with Gasteiger partial charge >= 0.3 is 0 Å². The van der Waals surface area contributed by atoms with Crippen LogP contribution in [0.4, 0.5) is 5.69 Å². The van der Waals surface area contributed by atoms with Crippen molar-refractivity contribution < 1.29 is 19.2 Å². The molecule has 0 radical (unpaired) electrons. The highest BCUT2D eigenvalue weighted by Crippen LogP contribution is 2.16. The summed E-state index contributed by atoms with van der Waals surface area (Å²) in [4.78, 5) is 28.2. The van der Waals surface area contributed by atoms with Gasteiger partial charge in [-0.2, -0.15) is 0 Å². The van der Waals surface area contributed by atoms with E-state index >= 15 is 0 Å². The number of benzene rings is 2. The zero-order valence-electron chi connectivity index (χ0n) is 18.1. The van der Waals surface area contributed by atoms with E-state index in [1.807, 2.05) is 60.4 Å². The van der Waals surface area contributed by atoms with Crippen molar-refractivity contribution in [2.24, 2.45) is 0 Å². The van der Waals surface area contributed by atoms with Crippen molar-refractivity contribution in [2.45, 2.75) is 33.3 Å². The van der Waals surface area contributed by atoms with Gasteiger partial charge < -0.3 is 19.9 Å². The molecule has 6 heteroatoms. The molecule has 3 rings (SSSR count). The van der Waals surface area contributed by atoms with Crippen LogP contribution in [0.15, 0.2) is 48.5 Å². The second-order valence-corrected chi connectivity index (χ2v) is 7.89. The lowest BCUT2D eigenvalue weighted by Crippen LogP contribution is -3.15. The molecule has 0 bridgehead atoms. The van der Waals surface area contributed by atoms with Crippen LogP contribution < -0.4 is 15.0 Å². The van der Waals surface area contributed by atoms with Crippen molar-refractivity contribution in [3.63, 3.8) is 0 Å². The van der Waals surface area contributed by atoms with Gasteiger partial charge in [0.2, 0.25) is 0 Å². The Hall–Kier alpha value is -2.86. The predicted molar refractivity (Wildman–Crippen MR) is 118 cm³/mol. The average molecular weight is 411 g/mol. The summed E-state index contributed by atoms with van der Waals surface area (Å²) in [5, 5.41) is 3.03. The molecule has 0 unspecified atom stereocenters. The van der Waals surface area contributed by atoms with E-state index in [1.54, 1.807) is 6.92 Å². The molecular formula is C24H32N3O3+. The summed E-state index contributed by atoms with van der Waals surface area (Å²) in [5.74, 6) is 0.725. The Bertz CT molecular complexity index is 876. The van der Waals surface area contributed by atoms with Gasteiger partial charge in [0.15, 0.2) is 12.6 Å². The quantitative estimate of drug-likeness (QED) is 0.730. The number of amides is 2. The average Bonchev–Trinajstić information content (AvgIpc) is 2.74. The molecule has 1 fully saturated rings. The molecule has 1 aliphatic rings. The topological polar surface area (TPSA) is 63.1 Å². The normalized spacial score (nSPS) is 15.5. The van der Waals surface area contributed by atoms with Crippen LogP contribution in [0, 0.1) is 6.92 Å². The Morgan fingerprint density at radius 2 is 1.87 bits per heavy atom. The Morgan fingerprint density at radius 3 is 2.57 bits per heavy atom. The van der Waals surface area contributed by atoms with Crippen LogP contribution in [0.5, 0.6) is 5.75 Å². The summed E-state index contributed by atoms with van der Waals surface area (Å²) >= 11 is 0. The number of anilines is 1. The Balaban J connectivity index is 1.45. The van der Waals surface area contributed by atoms with Crippen molar-refractivity contribution in [1.82, 2.24) is 4.90 Å². The fourth-order valence-electron chi connectivity index (χ4n) is 3.79. The maximum absolute atomic E-state index is 12.7. The van der Waals surface area contributed by atoms with E-state index in [1.165, 1.54) is 4.90 Å². The molecule has 1 heterocycles. The third-order valence-corrected chi connectivity index (χ3v) is 5.52. The van der Waals surface area contributed by atoms with E-state index in [0.29, 0.717) is 25.4 Å². The lowest BCUT2D eigenvalue weighted by atomic mass is 10.1. The maximum Gasteiger partial charge on any atom is 0.279 e. The summed E-state index contributed by atoms with van der Waals surface area (Å²) in [7, 11) is 0. The first-order valence-electron chi connectivity index (χ1n) is 10.7. The van der Waals surface area contributed by atoms with E-state index in [9.17, 15) is 9.59 Å². The second-order valence-electron chi connectivity index (χ2n) is 7.89. The number of para-hydroxylation sites is 1. The molecule has 0 saturated carbocycles. The lowest BCUT2D eigenvalue weighted by molar-refractivity contribution is -0.895. The van der Waals surface area contributed by atoms with Crippen LogP contribution in [0.2, 0.25) is 0 Å². The van der Waals surface area contributed by atoms with Gasteiger partial charge in [-0.3, -0.25) is 9.59 Å². The highest BCUT2D eigenvalue weighted by atomic mass is 16.5. The predicted octanol–water partition coefficient (Wildman–Crippen LogP) is 1.69. The van der Waals surface area contributed by atoms with Gasteiger partial charge in [-0.05, 0) is 49.6 Å². The van der Waals surface area contributed by atoms with E-state index in [-0.39, 0.29) is 11.8 Å². The number of rotatable bonds is 7. The zero-order valence-corrected chi connectivity index (χ0v) is 18.1. The van der Waals surface area contributed by atoms with Gasteiger partial charge in [-0.1, -0.05) is 37.3 Å². The first-order chi connectivity index (χ1) is 14.5. The zero-order chi connectivity index (χ0) is 21.5. The molecule has 1 saturated heterocycles. The summed E-state index contributed by atoms with van der Waals surface area (Å²) in [6.45, 7) is 9.06. The summed E-state index contributed by atoms with van der Waals surface area (Å²) in [6, 6.07) is 15.6. The molecule has 30 heavy (non-hydrogen) atoms. The highest BCUT2D eigenvalue weighted by molar-refractivity contribution is 5.92. The van der Waals surface area contributed by atoms with Crippen LogP contribution in [0.25, 0.3) is 0 Å². The standard InChI is InChI=1S/C24H31N3O3/c1-4-20-9-5-6-11-22(20)25-23(28)17-26-12-14-27(15-13-26)24(29)19(3)30-21-10-7-8-18(2)16-21/h5-11,16,19H,4,12-15,17H2,1-3H3,(H,25,28)/p+1/t19-/m0/s1. The van der Waals surface area contributed by atoms with Crippen LogP contribution >= 0.6 is 0 Å². The van der Waals surface area contributed by atoms with Gasteiger partial charge in [0.25, 0.3) is 11.8 Å². The first-order valence-corrected chi connectivity index (χ1v) is 10.7. The number of quaternary nitrogens is 1. The third kappa shape index (κ3) is 5.83. The summed E-state index contributed by atoms with van der Waals surface area (Å²) in [6.07, 6.45) is 0.356. The van der Waals surface area contributed by atoms with Crippen LogP contribution in [0.3, 0.4) is 0 Å². The van der Waals surface area contributed by atoms with Crippen LogP contribution in [-0.2, 0) is 16.0 Å². The van der Waals surface area contributed by atoms with Crippen LogP contribution in [-0.4, -0.2) is 55.5 Å². The molecule has 2 aromatic rings. The van der Waals surface area contributed by atoms with Crippen molar-refractivity contribution in [2.75, 3.05) is 38.0 Å². The number of piperazine rings is 1. The van der Waals surface area contributed by atoms with Gasteiger partial charge in [0.05, 0.1) is 26.2 Å². The monoisotopic (exact) mass is 410 g/mol. The molecular weight excluding hydrogens is 378 g/mol. The smallest absolute Gasteiger partial charge is 0.279 e. The van der Waals surface area contributed by atoms with Crippen molar-refractivity contribution in [3.05, 3.63) is 59.7 Å². The number of nitrogens with zero attached hydrogens (tertiary/aromatic N) is 1. The van der Waals surface area contributed by atoms with Crippen molar-refractivity contribution >= 4 is 17.5 Å². The van der Waals surface area contributed by atoms with Gasteiger partial charge in [0.1, 0.15) is 5.75 Å². The minimum absolute atomic E-state index is 0.00289. The third-order valence-electron chi connectivity index (χ3n) is 5.52. The van der Waals surface area contributed by atoms with Crippen molar-refractivity contribution in [3.8, 4) is 5.75 Å². The Labute approximate surface area is 178 Å². The molecule has 6 nitrogen and oxygen atoms in total. The number of ether oxygens (including phenoxy) is 1. The highest BCUT2D eigenvalue weighted by Gasteiger charge is 2.28. The first kappa shape index (κ1) is 21.8. The van der Waals surface area contributed by atoms with Gasteiger partial charge in [-0.15, -0.1) is 0 Å². The number of carbonyl (C=O) groups is 2. The number of aryl methyl sites for hydroxylation is 2. The molecule has 1 aliphatic heterocycles. The summed E-state index contributed by atoms with van der Waals surface area (Å²) < 4.78 is 5.83. The fourth-order valence-corrected chi connectivity index (χ4v) is 3.79. The Kier molecular flexibility index (Phi) is 7.46. The van der Waals surface area contributed by atoms with Gasteiger partial charge in [-0.25, -0.2) is 0 Å². The van der Waals surface area contributed by atoms with Crippen LogP contribution in [0.1, 0.15) is 25.0 Å². The van der Waals surface area contributed by atoms with Crippen molar-refractivity contribution in [1.29, 1.82) is 0 Å². The lowest BCUT2D eigenvalue weighted by Gasteiger charge is -2.33. The molecule has 2 N–H and O–H groups in total. The number of carbonyl (C=O) groups excluding carboxylic acids is 2.